The Labute approximate surface area is 105 Å². The van der Waals surface area contributed by atoms with Gasteiger partial charge in [0.25, 0.3) is 0 Å². The minimum atomic E-state index is -0.645. The topological polar surface area (TPSA) is 52.3 Å². The van der Waals surface area contributed by atoms with Crippen LogP contribution in [0.15, 0.2) is 0 Å². The normalized spacial score (nSPS) is 26.7. The predicted molar refractivity (Wildman–Crippen MR) is 69.6 cm³/mol. The van der Waals surface area contributed by atoms with E-state index in [4.69, 9.17) is 10.5 Å². The molecule has 0 heterocycles. The molecule has 2 atom stereocenters. The Morgan fingerprint density at radius 2 is 1.82 bits per heavy atom. The van der Waals surface area contributed by atoms with Crippen LogP contribution in [-0.4, -0.2) is 17.6 Å². The zero-order chi connectivity index (χ0) is 13.3. The molecule has 0 radical (unpaired) electrons. The molecular weight excluding hydrogens is 214 g/mol. The number of carbonyl (C=O) groups is 1. The molecule has 17 heavy (non-hydrogen) atoms. The lowest BCUT2D eigenvalue weighted by Crippen LogP contribution is -2.53. The van der Waals surface area contributed by atoms with Crippen molar-refractivity contribution in [1.29, 1.82) is 0 Å². The van der Waals surface area contributed by atoms with Crippen LogP contribution in [0.5, 0.6) is 0 Å². The van der Waals surface area contributed by atoms with E-state index in [0.29, 0.717) is 5.92 Å². The third-order valence-corrected chi connectivity index (χ3v) is 4.28. The maximum Gasteiger partial charge on any atom is 0.313 e. The van der Waals surface area contributed by atoms with E-state index in [1.807, 2.05) is 27.7 Å². The quantitative estimate of drug-likeness (QED) is 0.773. The Hall–Kier alpha value is -0.570. The Balaban J connectivity index is 2.60. The molecule has 3 heteroatoms. The molecule has 0 saturated heterocycles. The second-order valence-electron chi connectivity index (χ2n) is 6.65. The second kappa shape index (κ2) is 4.97. The van der Waals surface area contributed by atoms with Crippen LogP contribution in [-0.2, 0) is 9.53 Å². The van der Waals surface area contributed by atoms with Gasteiger partial charge in [0.1, 0.15) is 6.10 Å². The van der Waals surface area contributed by atoms with Crippen molar-refractivity contribution in [2.75, 3.05) is 0 Å². The van der Waals surface area contributed by atoms with E-state index >= 15 is 0 Å². The van der Waals surface area contributed by atoms with Gasteiger partial charge in [-0.25, -0.2) is 0 Å². The van der Waals surface area contributed by atoms with E-state index in [1.54, 1.807) is 0 Å². The first-order valence-electron chi connectivity index (χ1n) is 6.64. The SMILES string of the molecule is CC1CCCC(OC(=O)C(C)(C)C(C)(C)N)C1. The zero-order valence-electron chi connectivity index (χ0n) is 11.9. The summed E-state index contributed by atoms with van der Waals surface area (Å²) >= 11 is 0. The molecule has 100 valence electrons. The molecule has 0 amide bonds. The molecule has 0 aromatic heterocycles. The summed E-state index contributed by atoms with van der Waals surface area (Å²) in [7, 11) is 0. The zero-order valence-corrected chi connectivity index (χ0v) is 11.9. The molecule has 1 saturated carbocycles. The Morgan fingerprint density at radius 1 is 1.24 bits per heavy atom. The van der Waals surface area contributed by atoms with Gasteiger partial charge in [-0.2, -0.15) is 0 Å². The van der Waals surface area contributed by atoms with Crippen molar-refractivity contribution in [3.05, 3.63) is 0 Å². The van der Waals surface area contributed by atoms with Gasteiger partial charge < -0.3 is 10.5 Å². The average Bonchev–Trinajstić information content (AvgIpc) is 2.15. The Kier molecular flexibility index (Phi) is 4.23. The molecule has 0 aromatic rings. The van der Waals surface area contributed by atoms with Gasteiger partial charge >= 0.3 is 5.97 Å². The van der Waals surface area contributed by atoms with E-state index in [1.165, 1.54) is 6.42 Å². The summed E-state index contributed by atoms with van der Waals surface area (Å²) in [5, 5.41) is 0. The molecule has 2 unspecified atom stereocenters. The van der Waals surface area contributed by atoms with Crippen molar-refractivity contribution in [1.82, 2.24) is 0 Å². The highest BCUT2D eigenvalue weighted by molar-refractivity contribution is 5.77. The highest BCUT2D eigenvalue weighted by Crippen LogP contribution is 2.33. The third-order valence-electron chi connectivity index (χ3n) is 4.28. The molecule has 1 rings (SSSR count). The number of hydrogen-bond donors (Lipinski definition) is 1. The van der Waals surface area contributed by atoms with Crippen LogP contribution in [0.1, 0.15) is 60.3 Å². The van der Waals surface area contributed by atoms with Crippen molar-refractivity contribution >= 4 is 5.97 Å². The molecule has 1 fully saturated rings. The van der Waals surface area contributed by atoms with Crippen molar-refractivity contribution in [2.45, 2.75) is 71.9 Å². The third kappa shape index (κ3) is 3.44. The lowest BCUT2D eigenvalue weighted by molar-refractivity contribution is -0.165. The smallest absolute Gasteiger partial charge is 0.313 e. The largest absolute Gasteiger partial charge is 0.462 e. The summed E-state index contributed by atoms with van der Waals surface area (Å²) in [5.41, 5.74) is 4.84. The monoisotopic (exact) mass is 241 g/mol. The molecule has 3 nitrogen and oxygen atoms in total. The summed E-state index contributed by atoms with van der Waals surface area (Å²) in [6, 6.07) is 0. The first-order valence-corrected chi connectivity index (χ1v) is 6.64. The number of nitrogens with two attached hydrogens (primary N) is 1. The summed E-state index contributed by atoms with van der Waals surface area (Å²) in [5.74, 6) is 0.500. The van der Waals surface area contributed by atoms with Crippen molar-refractivity contribution in [3.8, 4) is 0 Å². The fourth-order valence-electron chi connectivity index (χ4n) is 2.05. The predicted octanol–water partition coefficient (Wildman–Crippen LogP) is 2.87. The summed E-state index contributed by atoms with van der Waals surface area (Å²) < 4.78 is 5.63. The van der Waals surface area contributed by atoms with E-state index in [2.05, 4.69) is 6.92 Å². The standard InChI is InChI=1S/C14H27NO2/c1-10-7-6-8-11(9-10)17-12(16)13(2,3)14(4,5)15/h10-11H,6-9,15H2,1-5H3. The number of carbonyl (C=O) groups excluding carboxylic acids is 1. The molecule has 0 aromatic carbocycles. The summed E-state index contributed by atoms with van der Waals surface area (Å²) in [4.78, 5) is 12.2. The van der Waals surface area contributed by atoms with Gasteiger partial charge in [-0.15, -0.1) is 0 Å². The minimum absolute atomic E-state index is 0.0906. The highest BCUT2D eigenvalue weighted by atomic mass is 16.5. The highest BCUT2D eigenvalue weighted by Gasteiger charge is 2.43. The average molecular weight is 241 g/mol. The lowest BCUT2D eigenvalue weighted by Gasteiger charge is -2.38. The molecule has 2 N–H and O–H groups in total. The first kappa shape index (κ1) is 14.5. The van der Waals surface area contributed by atoms with Crippen LogP contribution < -0.4 is 5.73 Å². The van der Waals surface area contributed by atoms with Crippen molar-refractivity contribution < 1.29 is 9.53 Å². The molecular formula is C14H27NO2. The lowest BCUT2D eigenvalue weighted by atomic mass is 9.75. The van der Waals surface area contributed by atoms with E-state index in [9.17, 15) is 4.79 Å². The van der Waals surface area contributed by atoms with Crippen LogP contribution in [0.2, 0.25) is 0 Å². The van der Waals surface area contributed by atoms with E-state index in [0.717, 1.165) is 19.3 Å². The summed E-state index contributed by atoms with van der Waals surface area (Å²) in [6.45, 7) is 9.69. The molecule has 1 aliphatic rings. The molecule has 0 bridgehead atoms. The fourth-order valence-corrected chi connectivity index (χ4v) is 2.05. The fraction of sp³-hybridized carbons (Fsp3) is 0.929. The van der Waals surface area contributed by atoms with Gasteiger partial charge in [-0.3, -0.25) is 4.79 Å². The minimum Gasteiger partial charge on any atom is -0.462 e. The number of rotatable bonds is 3. The number of esters is 1. The molecule has 1 aliphatic carbocycles. The van der Waals surface area contributed by atoms with Crippen LogP contribution in [0.3, 0.4) is 0 Å². The molecule has 0 aliphatic heterocycles. The van der Waals surface area contributed by atoms with E-state index in [-0.39, 0.29) is 12.1 Å². The van der Waals surface area contributed by atoms with Crippen LogP contribution in [0, 0.1) is 11.3 Å². The van der Waals surface area contributed by atoms with Gasteiger partial charge in [-0.1, -0.05) is 13.3 Å². The second-order valence-corrected chi connectivity index (χ2v) is 6.65. The van der Waals surface area contributed by atoms with Gasteiger partial charge in [-0.05, 0) is 52.9 Å². The maximum absolute atomic E-state index is 12.2. The Morgan fingerprint density at radius 3 is 2.29 bits per heavy atom. The number of hydrogen-bond acceptors (Lipinski definition) is 3. The number of ether oxygens (including phenoxy) is 1. The van der Waals surface area contributed by atoms with Crippen molar-refractivity contribution in [3.63, 3.8) is 0 Å². The summed E-state index contributed by atoms with van der Waals surface area (Å²) in [6.07, 6.45) is 4.49. The van der Waals surface area contributed by atoms with Crippen molar-refractivity contribution in [2.24, 2.45) is 17.1 Å². The van der Waals surface area contributed by atoms with Gasteiger partial charge in [0.15, 0.2) is 0 Å². The van der Waals surface area contributed by atoms with Gasteiger partial charge in [0.2, 0.25) is 0 Å². The van der Waals surface area contributed by atoms with Crippen LogP contribution in [0.4, 0.5) is 0 Å². The van der Waals surface area contributed by atoms with E-state index < -0.39 is 11.0 Å². The maximum atomic E-state index is 12.2. The molecule has 0 spiro atoms. The Bertz CT molecular complexity index is 278. The van der Waals surface area contributed by atoms with Crippen LogP contribution in [0.25, 0.3) is 0 Å². The van der Waals surface area contributed by atoms with Gasteiger partial charge in [0, 0.05) is 5.54 Å². The first-order chi connectivity index (χ1) is 7.64. The van der Waals surface area contributed by atoms with Crippen LogP contribution >= 0.6 is 0 Å². The van der Waals surface area contributed by atoms with Gasteiger partial charge in [0.05, 0.1) is 5.41 Å².